The van der Waals surface area contributed by atoms with Crippen LogP contribution in [-0.4, -0.2) is 7.11 Å². The molecule has 0 aliphatic rings. The third-order valence-electron chi connectivity index (χ3n) is 2.06. The van der Waals surface area contributed by atoms with E-state index in [9.17, 15) is 0 Å². The van der Waals surface area contributed by atoms with Gasteiger partial charge in [0.1, 0.15) is 5.75 Å². The van der Waals surface area contributed by atoms with E-state index in [0.717, 1.165) is 26.4 Å². The van der Waals surface area contributed by atoms with E-state index in [1.165, 1.54) is 0 Å². The maximum atomic E-state index is 5.88. The van der Waals surface area contributed by atoms with E-state index in [1.807, 2.05) is 18.2 Å². The van der Waals surface area contributed by atoms with Crippen LogP contribution in [0.3, 0.4) is 0 Å². The Kier molecular flexibility index (Phi) is 2.52. The zero-order valence-corrected chi connectivity index (χ0v) is 9.28. The fourth-order valence-corrected chi connectivity index (χ4v) is 2.59. The third-order valence-corrected chi connectivity index (χ3v) is 3.59. The summed E-state index contributed by atoms with van der Waals surface area (Å²) < 4.78 is 6.26. The summed E-state index contributed by atoms with van der Waals surface area (Å²) in [4.78, 5) is 1.13. The molecule has 2 rings (SSSR count). The Labute approximate surface area is 91.2 Å². The van der Waals surface area contributed by atoms with Crippen LogP contribution in [0.1, 0.15) is 4.88 Å². The number of halogens is 1. The van der Waals surface area contributed by atoms with Crippen LogP contribution in [0.2, 0.25) is 0 Å². The average molecular weight is 228 g/mol. The lowest BCUT2D eigenvalue weighted by Crippen LogP contribution is -1.87. The van der Waals surface area contributed by atoms with E-state index in [0.29, 0.717) is 5.88 Å². The van der Waals surface area contributed by atoms with E-state index in [4.69, 9.17) is 22.1 Å². The minimum atomic E-state index is 0.529. The van der Waals surface area contributed by atoms with E-state index < -0.39 is 0 Å². The molecule has 0 amide bonds. The van der Waals surface area contributed by atoms with Gasteiger partial charge in [-0.2, -0.15) is 0 Å². The van der Waals surface area contributed by atoms with Gasteiger partial charge in [0.15, 0.2) is 0 Å². The molecule has 0 fully saturated rings. The van der Waals surface area contributed by atoms with Crippen LogP contribution < -0.4 is 10.5 Å². The quantitative estimate of drug-likeness (QED) is 0.632. The van der Waals surface area contributed by atoms with Crippen molar-refractivity contribution in [2.75, 3.05) is 12.8 Å². The Bertz CT molecular complexity index is 466. The number of rotatable bonds is 2. The summed E-state index contributed by atoms with van der Waals surface area (Å²) in [7, 11) is 1.64. The van der Waals surface area contributed by atoms with Crippen molar-refractivity contribution in [3.63, 3.8) is 0 Å². The van der Waals surface area contributed by atoms with Crippen LogP contribution in [0.4, 0.5) is 5.69 Å². The van der Waals surface area contributed by atoms with Gasteiger partial charge in [-0.1, -0.05) is 0 Å². The highest BCUT2D eigenvalue weighted by Gasteiger charge is 2.06. The van der Waals surface area contributed by atoms with Gasteiger partial charge in [0, 0.05) is 26.7 Å². The monoisotopic (exact) mass is 227 g/mol. The van der Waals surface area contributed by atoms with Gasteiger partial charge < -0.3 is 10.5 Å². The lowest BCUT2D eigenvalue weighted by molar-refractivity contribution is 0.415. The van der Waals surface area contributed by atoms with E-state index in [-0.39, 0.29) is 0 Å². The van der Waals surface area contributed by atoms with E-state index >= 15 is 0 Å². The lowest BCUT2D eigenvalue weighted by atomic mass is 10.2. The molecule has 0 spiro atoms. The Morgan fingerprint density at radius 3 is 2.86 bits per heavy atom. The van der Waals surface area contributed by atoms with Crippen molar-refractivity contribution in [1.82, 2.24) is 0 Å². The summed E-state index contributed by atoms with van der Waals surface area (Å²) >= 11 is 7.41. The molecule has 0 aliphatic carbocycles. The van der Waals surface area contributed by atoms with Crippen molar-refractivity contribution in [1.29, 1.82) is 0 Å². The number of anilines is 1. The first-order valence-electron chi connectivity index (χ1n) is 4.16. The summed E-state index contributed by atoms with van der Waals surface area (Å²) in [5, 5.41) is 1.06. The maximum absolute atomic E-state index is 5.88. The van der Waals surface area contributed by atoms with Gasteiger partial charge in [-0.3, -0.25) is 0 Å². The zero-order chi connectivity index (χ0) is 10.1. The van der Waals surface area contributed by atoms with Crippen LogP contribution in [0.15, 0.2) is 18.2 Å². The molecule has 1 aromatic heterocycles. The number of hydrogen-bond acceptors (Lipinski definition) is 3. The second-order valence-electron chi connectivity index (χ2n) is 2.97. The summed E-state index contributed by atoms with van der Waals surface area (Å²) in [6, 6.07) is 5.83. The maximum Gasteiger partial charge on any atom is 0.122 e. The summed E-state index contributed by atoms with van der Waals surface area (Å²) in [5.41, 5.74) is 6.63. The second-order valence-corrected chi connectivity index (χ2v) is 4.41. The predicted molar refractivity (Wildman–Crippen MR) is 62.3 cm³/mol. The number of alkyl halides is 1. The van der Waals surface area contributed by atoms with Gasteiger partial charge in [0.25, 0.3) is 0 Å². The van der Waals surface area contributed by atoms with Gasteiger partial charge >= 0.3 is 0 Å². The van der Waals surface area contributed by atoms with Gasteiger partial charge in [-0.15, -0.1) is 22.9 Å². The molecule has 0 saturated carbocycles. The summed E-state index contributed by atoms with van der Waals surface area (Å²) in [5.74, 6) is 1.32. The first-order valence-corrected chi connectivity index (χ1v) is 5.51. The fraction of sp³-hybridized carbons (Fsp3) is 0.200. The lowest BCUT2D eigenvalue weighted by Gasteiger charge is -2.01. The van der Waals surface area contributed by atoms with Crippen LogP contribution in [0.5, 0.6) is 5.75 Å². The van der Waals surface area contributed by atoms with Crippen LogP contribution in [0, 0.1) is 0 Å². The number of nitrogens with two attached hydrogens (primary N) is 1. The standard InChI is InChI=1S/C10H10ClNOS/c1-13-6-2-9(12)8-4-7(5-11)14-10(8)3-6/h2-4H,5,12H2,1H3. The fourth-order valence-electron chi connectivity index (χ4n) is 1.38. The molecule has 74 valence electrons. The summed E-state index contributed by atoms with van der Waals surface area (Å²) in [6.45, 7) is 0. The molecule has 2 nitrogen and oxygen atoms in total. The minimum Gasteiger partial charge on any atom is -0.497 e. The van der Waals surface area contributed by atoms with Crippen molar-refractivity contribution < 1.29 is 4.74 Å². The van der Waals surface area contributed by atoms with Gasteiger partial charge in [-0.05, 0) is 12.1 Å². The average Bonchev–Trinajstić information content (AvgIpc) is 2.61. The number of thiophene rings is 1. The molecule has 2 N–H and O–H groups in total. The number of nitrogen functional groups attached to an aromatic ring is 1. The predicted octanol–water partition coefficient (Wildman–Crippen LogP) is 3.23. The molecule has 0 aliphatic heterocycles. The smallest absolute Gasteiger partial charge is 0.122 e. The van der Waals surface area contributed by atoms with Gasteiger partial charge in [-0.25, -0.2) is 0 Å². The van der Waals surface area contributed by atoms with E-state index in [2.05, 4.69) is 0 Å². The molecule has 0 saturated heterocycles. The molecule has 1 heterocycles. The number of hydrogen-bond donors (Lipinski definition) is 1. The van der Waals surface area contributed by atoms with Crippen LogP contribution >= 0.6 is 22.9 Å². The number of fused-ring (bicyclic) bond motifs is 1. The van der Waals surface area contributed by atoms with Crippen molar-refractivity contribution >= 4 is 38.7 Å². The van der Waals surface area contributed by atoms with Gasteiger partial charge in [0.2, 0.25) is 0 Å². The normalized spacial score (nSPS) is 10.7. The second kappa shape index (κ2) is 3.67. The number of methoxy groups -OCH3 is 1. The Balaban J connectivity index is 2.67. The Morgan fingerprint density at radius 1 is 1.43 bits per heavy atom. The Hall–Kier alpha value is -0.930. The van der Waals surface area contributed by atoms with Crippen LogP contribution in [-0.2, 0) is 5.88 Å². The molecule has 0 bridgehead atoms. The molecule has 0 atom stereocenters. The highest BCUT2D eigenvalue weighted by Crippen LogP contribution is 2.34. The minimum absolute atomic E-state index is 0.529. The zero-order valence-electron chi connectivity index (χ0n) is 7.71. The highest BCUT2D eigenvalue weighted by atomic mass is 35.5. The van der Waals surface area contributed by atoms with Gasteiger partial charge in [0.05, 0.1) is 13.0 Å². The van der Waals surface area contributed by atoms with E-state index in [1.54, 1.807) is 18.4 Å². The molecule has 4 heteroatoms. The SMILES string of the molecule is COc1cc(N)c2cc(CCl)sc2c1. The molecule has 1 aromatic carbocycles. The van der Waals surface area contributed by atoms with Crippen LogP contribution in [0.25, 0.3) is 10.1 Å². The van der Waals surface area contributed by atoms with Crippen molar-refractivity contribution in [2.24, 2.45) is 0 Å². The number of ether oxygens (including phenoxy) is 1. The molecule has 2 aromatic rings. The topological polar surface area (TPSA) is 35.2 Å². The molecule has 0 unspecified atom stereocenters. The molecular weight excluding hydrogens is 218 g/mol. The van der Waals surface area contributed by atoms with Crippen molar-refractivity contribution in [3.8, 4) is 5.75 Å². The van der Waals surface area contributed by atoms with Crippen molar-refractivity contribution in [2.45, 2.75) is 5.88 Å². The number of benzene rings is 1. The third kappa shape index (κ3) is 1.53. The molecular formula is C10H10ClNOS. The Morgan fingerprint density at radius 2 is 2.21 bits per heavy atom. The largest absolute Gasteiger partial charge is 0.497 e. The van der Waals surface area contributed by atoms with Crippen molar-refractivity contribution in [3.05, 3.63) is 23.1 Å². The summed E-state index contributed by atoms with van der Waals surface area (Å²) in [6.07, 6.45) is 0. The highest BCUT2D eigenvalue weighted by molar-refractivity contribution is 7.19. The first kappa shape index (κ1) is 9.62. The molecule has 0 radical (unpaired) electrons. The first-order chi connectivity index (χ1) is 6.74. The molecule has 14 heavy (non-hydrogen) atoms.